The Labute approximate surface area is 108 Å². The van der Waals surface area contributed by atoms with E-state index >= 15 is 0 Å². The second-order valence-electron chi connectivity index (χ2n) is 4.47. The summed E-state index contributed by atoms with van der Waals surface area (Å²) in [5.74, 6) is -0.145. The normalized spacial score (nSPS) is 16.2. The Morgan fingerprint density at radius 1 is 1.61 bits per heavy atom. The molecule has 1 aliphatic carbocycles. The Morgan fingerprint density at radius 3 is 2.89 bits per heavy atom. The molecule has 1 aliphatic rings. The molecule has 96 valence electrons. The van der Waals surface area contributed by atoms with Gasteiger partial charge in [-0.2, -0.15) is 0 Å². The van der Waals surface area contributed by atoms with Crippen LogP contribution in [0.25, 0.3) is 0 Å². The van der Waals surface area contributed by atoms with Gasteiger partial charge in [0.25, 0.3) is 5.69 Å². The summed E-state index contributed by atoms with van der Waals surface area (Å²) in [6, 6.07) is 2.76. The van der Waals surface area contributed by atoms with Gasteiger partial charge >= 0.3 is 5.97 Å². The number of nitrogens with zero attached hydrogens (tertiary/aromatic N) is 2. The van der Waals surface area contributed by atoms with Crippen LogP contribution in [0.5, 0.6) is 0 Å². The molecule has 0 unspecified atom stereocenters. The summed E-state index contributed by atoms with van der Waals surface area (Å²) in [5.41, 5.74) is -0.126. The van der Waals surface area contributed by atoms with Crippen molar-refractivity contribution in [3.8, 4) is 0 Å². The largest absolute Gasteiger partial charge is 0.481 e. The average Bonchev–Trinajstić information content (AvgIpc) is 3.06. The number of hydrogen-bond acceptors (Lipinski definition) is 5. The molecule has 0 aromatic carbocycles. The van der Waals surface area contributed by atoms with Crippen LogP contribution < -0.4 is 0 Å². The molecule has 0 bridgehead atoms. The average molecular weight is 268 g/mol. The van der Waals surface area contributed by atoms with E-state index in [2.05, 4.69) is 4.98 Å². The zero-order valence-electron chi connectivity index (χ0n) is 9.54. The standard InChI is InChI=1S/C11H12N2O4S/c14-10(15)6-11(2-3-11)7-18-9-5-8(13(16)17)1-4-12-9/h1,4-5H,2-3,6-7H2,(H,14,15). The molecule has 1 saturated carbocycles. The van der Waals surface area contributed by atoms with Crippen LogP contribution in [0.15, 0.2) is 23.4 Å². The van der Waals surface area contributed by atoms with Crippen LogP contribution in [-0.2, 0) is 4.79 Å². The number of thioether (sulfide) groups is 1. The Bertz CT molecular complexity index is 488. The number of rotatable bonds is 6. The van der Waals surface area contributed by atoms with Gasteiger partial charge in [-0.25, -0.2) is 4.98 Å². The Kier molecular flexibility index (Phi) is 3.51. The first kappa shape index (κ1) is 12.8. The Hall–Kier alpha value is -1.63. The van der Waals surface area contributed by atoms with E-state index in [1.54, 1.807) is 0 Å². The second-order valence-corrected chi connectivity index (χ2v) is 5.46. The van der Waals surface area contributed by atoms with Gasteiger partial charge in [0.15, 0.2) is 0 Å². The number of carbonyl (C=O) groups is 1. The zero-order valence-corrected chi connectivity index (χ0v) is 10.4. The van der Waals surface area contributed by atoms with E-state index in [-0.39, 0.29) is 17.5 Å². The van der Waals surface area contributed by atoms with Gasteiger partial charge in [-0.3, -0.25) is 14.9 Å². The molecule has 0 radical (unpaired) electrons. The summed E-state index contributed by atoms with van der Waals surface area (Å²) < 4.78 is 0. The summed E-state index contributed by atoms with van der Waals surface area (Å²) in [4.78, 5) is 24.9. The molecule has 18 heavy (non-hydrogen) atoms. The van der Waals surface area contributed by atoms with E-state index in [1.807, 2.05) is 0 Å². The lowest BCUT2D eigenvalue weighted by Crippen LogP contribution is -2.11. The van der Waals surface area contributed by atoms with Crippen LogP contribution in [0, 0.1) is 15.5 Å². The van der Waals surface area contributed by atoms with Crippen LogP contribution in [0.1, 0.15) is 19.3 Å². The van der Waals surface area contributed by atoms with Crippen molar-refractivity contribution in [2.45, 2.75) is 24.3 Å². The molecule has 0 spiro atoms. The van der Waals surface area contributed by atoms with E-state index in [0.717, 1.165) is 12.8 Å². The fraction of sp³-hybridized carbons (Fsp3) is 0.455. The van der Waals surface area contributed by atoms with Crippen molar-refractivity contribution in [1.82, 2.24) is 4.98 Å². The van der Waals surface area contributed by atoms with Crippen molar-refractivity contribution >= 4 is 23.4 Å². The first-order chi connectivity index (χ1) is 8.51. The maximum absolute atomic E-state index is 10.7. The van der Waals surface area contributed by atoms with Crippen molar-refractivity contribution in [3.05, 3.63) is 28.4 Å². The molecule has 1 heterocycles. The number of hydrogen-bond donors (Lipinski definition) is 1. The van der Waals surface area contributed by atoms with E-state index in [4.69, 9.17) is 5.11 Å². The minimum absolute atomic E-state index is 0.00980. The van der Waals surface area contributed by atoms with Gasteiger partial charge in [0.2, 0.25) is 0 Å². The lowest BCUT2D eigenvalue weighted by molar-refractivity contribution is -0.385. The van der Waals surface area contributed by atoms with Gasteiger partial charge < -0.3 is 5.11 Å². The molecule has 0 saturated heterocycles. The van der Waals surface area contributed by atoms with E-state index in [9.17, 15) is 14.9 Å². The highest BCUT2D eigenvalue weighted by Crippen LogP contribution is 2.51. The molecule has 1 aromatic heterocycles. The molecule has 6 nitrogen and oxygen atoms in total. The van der Waals surface area contributed by atoms with Crippen LogP contribution in [0.4, 0.5) is 5.69 Å². The smallest absolute Gasteiger partial charge is 0.303 e. The van der Waals surface area contributed by atoms with Gasteiger partial charge in [-0.15, -0.1) is 11.8 Å². The SMILES string of the molecule is O=C(O)CC1(CSc2cc([N+](=O)[O-])ccn2)CC1. The lowest BCUT2D eigenvalue weighted by Gasteiger charge is -2.10. The predicted octanol–water partition coefficient (Wildman–Crippen LogP) is 2.34. The molecule has 1 N–H and O–H groups in total. The fourth-order valence-electron chi connectivity index (χ4n) is 1.69. The summed E-state index contributed by atoms with van der Waals surface area (Å²) in [7, 11) is 0. The Morgan fingerprint density at radius 2 is 2.33 bits per heavy atom. The number of aromatic nitrogens is 1. The molecular weight excluding hydrogens is 256 g/mol. The van der Waals surface area contributed by atoms with Gasteiger partial charge in [0.1, 0.15) is 5.03 Å². The first-order valence-electron chi connectivity index (χ1n) is 5.46. The fourth-order valence-corrected chi connectivity index (χ4v) is 2.87. The van der Waals surface area contributed by atoms with Crippen LogP contribution >= 0.6 is 11.8 Å². The summed E-state index contributed by atoms with van der Waals surface area (Å²) in [6.45, 7) is 0. The Balaban J connectivity index is 1.96. The maximum atomic E-state index is 10.7. The second kappa shape index (κ2) is 4.93. The topological polar surface area (TPSA) is 93.3 Å². The van der Waals surface area contributed by atoms with Crippen LogP contribution in [0.2, 0.25) is 0 Å². The highest BCUT2D eigenvalue weighted by molar-refractivity contribution is 7.99. The number of pyridine rings is 1. The summed E-state index contributed by atoms with van der Waals surface area (Å²) >= 11 is 1.38. The minimum Gasteiger partial charge on any atom is -0.481 e. The molecule has 7 heteroatoms. The third kappa shape index (κ3) is 3.19. The molecule has 1 aromatic rings. The quantitative estimate of drug-likeness (QED) is 0.483. The van der Waals surface area contributed by atoms with Crippen molar-refractivity contribution < 1.29 is 14.8 Å². The number of carboxylic acid groups (broad SMARTS) is 1. The maximum Gasteiger partial charge on any atom is 0.303 e. The van der Waals surface area contributed by atoms with Crippen molar-refractivity contribution in [1.29, 1.82) is 0 Å². The van der Waals surface area contributed by atoms with Gasteiger partial charge in [-0.05, 0) is 18.3 Å². The van der Waals surface area contributed by atoms with E-state index in [0.29, 0.717) is 10.8 Å². The highest BCUT2D eigenvalue weighted by Gasteiger charge is 2.44. The highest BCUT2D eigenvalue weighted by atomic mass is 32.2. The van der Waals surface area contributed by atoms with Crippen molar-refractivity contribution in [3.63, 3.8) is 0 Å². The van der Waals surface area contributed by atoms with Gasteiger partial charge in [0, 0.05) is 24.1 Å². The molecule has 0 aliphatic heterocycles. The summed E-state index contributed by atoms with van der Waals surface area (Å²) in [6.07, 6.45) is 3.37. The van der Waals surface area contributed by atoms with Crippen LogP contribution in [0.3, 0.4) is 0 Å². The third-order valence-electron chi connectivity index (χ3n) is 2.94. The van der Waals surface area contributed by atoms with Crippen molar-refractivity contribution in [2.24, 2.45) is 5.41 Å². The van der Waals surface area contributed by atoms with Gasteiger partial charge in [0.05, 0.1) is 11.3 Å². The van der Waals surface area contributed by atoms with Gasteiger partial charge in [-0.1, -0.05) is 0 Å². The molecule has 2 rings (SSSR count). The van der Waals surface area contributed by atoms with E-state index < -0.39 is 10.9 Å². The summed E-state index contributed by atoms with van der Waals surface area (Å²) in [5, 5.41) is 20.0. The first-order valence-corrected chi connectivity index (χ1v) is 6.44. The monoisotopic (exact) mass is 268 g/mol. The van der Waals surface area contributed by atoms with E-state index in [1.165, 1.54) is 30.1 Å². The molecular formula is C11H12N2O4S. The predicted molar refractivity (Wildman–Crippen MR) is 65.5 cm³/mol. The minimum atomic E-state index is -0.792. The number of nitro groups is 1. The third-order valence-corrected chi connectivity index (χ3v) is 4.21. The molecule has 0 atom stereocenters. The lowest BCUT2D eigenvalue weighted by atomic mass is 10.1. The number of carboxylic acids is 1. The number of aliphatic carboxylic acids is 1. The zero-order chi connectivity index (χ0) is 13.2. The molecule has 0 amide bonds. The van der Waals surface area contributed by atoms with Crippen LogP contribution in [-0.4, -0.2) is 26.7 Å². The molecule has 1 fully saturated rings. The van der Waals surface area contributed by atoms with Crippen molar-refractivity contribution in [2.75, 3.05) is 5.75 Å².